The van der Waals surface area contributed by atoms with Crippen LogP contribution < -0.4 is 14.8 Å². The van der Waals surface area contributed by atoms with E-state index in [9.17, 15) is 0 Å². The van der Waals surface area contributed by atoms with E-state index < -0.39 is 0 Å². The molecule has 19 heavy (non-hydrogen) atoms. The molecule has 0 saturated carbocycles. The van der Waals surface area contributed by atoms with E-state index in [-0.39, 0.29) is 0 Å². The lowest BCUT2D eigenvalue weighted by Gasteiger charge is -2.13. The molecule has 104 valence electrons. The van der Waals surface area contributed by atoms with Crippen LogP contribution in [0.4, 0.5) is 0 Å². The Labute approximate surface area is 116 Å². The zero-order valence-electron chi connectivity index (χ0n) is 12.2. The summed E-state index contributed by atoms with van der Waals surface area (Å²) in [4.78, 5) is 0. The third kappa shape index (κ3) is 5.67. The summed E-state index contributed by atoms with van der Waals surface area (Å²) in [6, 6.07) is 6.48. The number of nitrogens with one attached hydrogen (secondary N) is 1. The van der Waals surface area contributed by atoms with Crippen molar-refractivity contribution in [2.24, 2.45) is 0 Å². The van der Waals surface area contributed by atoms with Crippen molar-refractivity contribution in [2.45, 2.75) is 40.3 Å². The fraction of sp³-hybridized carbons (Fsp3) is 0.500. The van der Waals surface area contributed by atoms with Crippen LogP contribution in [-0.4, -0.2) is 19.3 Å². The van der Waals surface area contributed by atoms with Crippen LogP contribution in [0.25, 0.3) is 0 Å². The number of rotatable bonds is 7. The summed E-state index contributed by atoms with van der Waals surface area (Å²) < 4.78 is 11.2. The fourth-order valence-electron chi connectivity index (χ4n) is 1.56. The minimum Gasteiger partial charge on any atom is -0.490 e. The van der Waals surface area contributed by atoms with Crippen LogP contribution in [0.15, 0.2) is 18.2 Å². The van der Waals surface area contributed by atoms with E-state index in [0.29, 0.717) is 19.3 Å². The predicted molar refractivity (Wildman–Crippen MR) is 78.5 cm³/mol. The summed E-state index contributed by atoms with van der Waals surface area (Å²) in [5, 5.41) is 3.38. The highest BCUT2D eigenvalue weighted by molar-refractivity contribution is 5.43. The van der Waals surface area contributed by atoms with Gasteiger partial charge in [0, 0.05) is 12.6 Å². The molecule has 0 spiro atoms. The normalized spacial score (nSPS) is 9.95. The highest BCUT2D eigenvalue weighted by Gasteiger charge is 2.06. The summed E-state index contributed by atoms with van der Waals surface area (Å²) in [6.45, 7) is 9.86. The van der Waals surface area contributed by atoms with E-state index >= 15 is 0 Å². The Bertz CT molecular complexity index is 444. The molecule has 0 unspecified atom stereocenters. The van der Waals surface area contributed by atoms with Gasteiger partial charge in [0.1, 0.15) is 6.61 Å². The fourth-order valence-corrected chi connectivity index (χ4v) is 1.56. The molecule has 1 N–H and O–H groups in total. The zero-order chi connectivity index (χ0) is 14.1. The number of ether oxygens (including phenoxy) is 2. The van der Waals surface area contributed by atoms with Crippen LogP contribution in [0.3, 0.4) is 0 Å². The molecule has 0 saturated heterocycles. The van der Waals surface area contributed by atoms with Gasteiger partial charge in [-0.25, -0.2) is 0 Å². The minimum atomic E-state index is 0.389. The first-order valence-electron chi connectivity index (χ1n) is 6.68. The van der Waals surface area contributed by atoms with Crippen LogP contribution in [0, 0.1) is 11.8 Å². The summed E-state index contributed by atoms with van der Waals surface area (Å²) >= 11 is 0. The average Bonchev–Trinajstić information content (AvgIpc) is 2.39. The molecule has 0 bridgehead atoms. The van der Waals surface area contributed by atoms with Crippen molar-refractivity contribution in [3.63, 3.8) is 0 Å². The third-order valence-corrected chi connectivity index (χ3v) is 2.50. The van der Waals surface area contributed by atoms with Gasteiger partial charge in [0.2, 0.25) is 0 Å². The van der Waals surface area contributed by atoms with Crippen molar-refractivity contribution >= 4 is 0 Å². The third-order valence-electron chi connectivity index (χ3n) is 2.50. The van der Waals surface area contributed by atoms with Crippen LogP contribution in [0.2, 0.25) is 0 Å². The summed E-state index contributed by atoms with van der Waals surface area (Å²) in [5.41, 5.74) is 1.19. The molecule has 0 fully saturated rings. The van der Waals surface area contributed by atoms with E-state index in [2.05, 4.69) is 31.0 Å². The van der Waals surface area contributed by atoms with Crippen LogP contribution >= 0.6 is 0 Å². The van der Waals surface area contributed by atoms with Gasteiger partial charge in [0.15, 0.2) is 11.5 Å². The van der Waals surface area contributed by atoms with Crippen molar-refractivity contribution in [1.29, 1.82) is 0 Å². The zero-order valence-corrected chi connectivity index (χ0v) is 12.2. The Morgan fingerprint density at radius 2 is 2.00 bits per heavy atom. The molecule has 1 rings (SSSR count). The highest BCUT2D eigenvalue weighted by Crippen LogP contribution is 2.28. The van der Waals surface area contributed by atoms with E-state index in [4.69, 9.17) is 9.47 Å². The second-order valence-electron chi connectivity index (χ2n) is 4.47. The van der Waals surface area contributed by atoms with Gasteiger partial charge in [-0.1, -0.05) is 25.8 Å². The predicted octanol–water partition coefficient (Wildman–Crippen LogP) is 2.99. The quantitative estimate of drug-likeness (QED) is 0.765. The first-order chi connectivity index (χ1) is 9.17. The van der Waals surface area contributed by atoms with E-state index in [0.717, 1.165) is 18.0 Å². The molecule has 3 heteroatoms. The summed E-state index contributed by atoms with van der Waals surface area (Å²) in [6.07, 6.45) is 0. The molecule has 0 heterocycles. The van der Waals surface area contributed by atoms with Crippen molar-refractivity contribution in [2.75, 3.05) is 13.2 Å². The van der Waals surface area contributed by atoms with Gasteiger partial charge >= 0.3 is 0 Å². The molecule has 0 aromatic heterocycles. The van der Waals surface area contributed by atoms with E-state index in [1.807, 2.05) is 25.1 Å². The lowest BCUT2D eigenvalue weighted by molar-refractivity contribution is 0.299. The minimum absolute atomic E-state index is 0.389. The maximum absolute atomic E-state index is 5.61. The molecule has 1 aromatic carbocycles. The number of hydrogen-bond donors (Lipinski definition) is 1. The molecule has 0 radical (unpaired) electrons. The Kier molecular flexibility index (Phi) is 6.84. The highest BCUT2D eigenvalue weighted by atomic mass is 16.5. The van der Waals surface area contributed by atoms with E-state index in [1.165, 1.54) is 5.56 Å². The van der Waals surface area contributed by atoms with Gasteiger partial charge in [-0.3, -0.25) is 0 Å². The second-order valence-corrected chi connectivity index (χ2v) is 4.47. The van der Waals surface area contributed by atoms with Gasteiger partial charge in [-0.15, -0.1) is 5.92 Å². The Hall–Kier alpha value is -1.66. The largest absolute Gasteiger partial charge is 0.490 e. The molecular formula is C16H23NO2. The lowest BCUT2D eigenvalue weighted by Crippen LogP contribution is -2.21. The number of hydrogen-bond acceptors (Lipinski definition) is 3. The smallest absolute Gasteiger partial charge is 0.162 e. The van der Waals surface area contributed by atoms with E-state index in [1.54, 1.807) is 6.92 Å². The summed E-state index contributed by atoms with van der Waals surface area (Å²) in [5.74, 6) is 7.22. The van der Waals surface area contributed by atoms with Gasteiger partial charge < -0.3 is 14.8 Å². The van der Waals surface area contributed by atoms with Crippen molar-refractivity contribution in [3.05, 3.63) is 23.8 Å². The maximum atomic E-state index is 5.61. The van der Waals surface area contributed by atoms with Gasteiger partial charge in [-0.2, -0.15) is 0 Å². The Morgan fingerprint density at radius 3 is 2.63 bits per heavy atom. The number of benzene rings is 1. The molecule has 0 aliphatic heterocycles. The van der Waals surface area contributed by atoms with Crippen molar-refractivity contribution in [1.82, 2.24) is 5.32 Å². The van der Waals surface area contributed by atoms with Gasteiger partial charge in [0.25, 0.3) is 0 Å². The van der Waals surface area contributed by atoms with Crippen LogP contribution in [0.1, 0.15) is 33.3 Å². The second kappa shape index (κ2) is 8.44. The Morgan fingerprint density at radius 1 is 1.21 bits per heavy atom. The molecular weight excluding hydrogens is 238 g/mol. The monoisotopic (exact) mass is 261 g/mol. The molecule has 1 aromatic rings. The molecule has 0 atom stereocenters. The molecule has 0 aliphatic carbocycles. The molecule has 0 amide bonds. The first kappa shape index (κ1) is 15.4. The van der Waals surface area contributed by atoms with Gasteiger partial charge in [0.05, 0.1) is 6.61 Å². The topological polar surface area (TPSA) is 30.5 Å². The Balaban J connectivity index is 2.77. The molecule has 3 nitrogen and oxygen atoms in total. The van der Waals surface area contributed by atoms with Crippen molar-refractivity contribution < 1.29 is 9.47 Å². The summed E-state index contributed by atoms with van der Waals surface area (Å²) in [7, 11) is 0. The maximum Gasteiger partial charge on any atom is 0.162 e. The average molecular weight is 261 g/mol. The van der Waals surface area contributed by atoms with Crippen LogP contribution in [-0.2, 0) is 6.54 Å². The SMILES string of the molecule is CC#CCOc1ccc(CNC(C)C)cc1OCC. The van der Waals surface area contributed by atoms with Gasteiger partial charge in [-0.05, 0) is 31.5 Å². The van der Waals surface area contributed by atoms with Crippen molar-refractivity contribution in [3.8, 4) is 23.3 Å². The van der Waals surface area contributed by atoms with Crippen LogP contribution in [0.5, 0.6) is 11.5 Å². The first-order valence-corrected chi connectivity index (χ1v) is 6.68. The standard InChI is InChI=1S/C16H23NO2/c1-5-7-10-19-15-9-8-14(12-17-13(3)4)11-16(15)18-6-2/h8-9,11,13,17H,6,10,12H2,1-4H3. The molecule has 0 aliphatic rings. The lowest BCUT2D eigenvalue weighted by atomic mass is 10.2.